The van der Waals surface area contributed by atoms with Crippen molar-refractivity contribution in [3.63, 3.8) is 0 Å². The lowest BCUT2D eigenvalue weighted by atomic mass is 9.95. The number of aliphatic hydroxyl groups excluding tert-OH is 1. The average Bonchev–Trinajstić information content (AvgIpc) is 2.23. The molecular formula is C12H16ClFO2. The summed E-state index contributed by atoms with van der Waals surface area (Å²) in [6, 6.07) is 4.51. The maximum Gasteiger partial charge on any atom is 0.142 e. The zero-order valence-electron chi connectivity index (χ0n) is 9.63. The van der Waals surface area contributed by atoms with Crippen molar-refractivity contribution in [2.75, 3.05) is 7.11 Å². The zero-order valence-corrected chi connectivity index (χ0v) is 10.4. The highest BCUT2D eigenvalue weighted by Gasteiger charge is 2.27. The summed E-state index contributed by atoms with van der Waals surface area (Å²) in [6.07, 6.45) is -0.368. The van der Waals surface area contributed by atoms with Gasteiger partial charge in [0.2, 0.25) is 0 Å². The first-order chi connectivity index (χ1) is 7.36. The van der Waals surface area contributed by atoms with Crippen molar-refractivity contribution in [3.8, 4) is 0 Å². The Balaban J connectivity index is 2.77. The standard InChI is InChI=1S/C12H16ClFO2/c1-12(2,16-3)11(15)7-8-4-5-9(13)10(14)6-8/h4-6,11,15H,7H2,1-3H3. The lowest BCUT2D eigenvalue weighted by molar-refractivity contribution is -0.0765. The van der Waals surface area contributed by atoms with Crippen molar-refractivity contribution in [1.82, 2.24) is 0 Å². The molecule has 0 radical (unpaired) electrons. The van der Waals surface area contributed by atoms with E-state index in [2.05, 4.69) is 0 Å². The summed E-state index contributed by atoms with van der Waals surface area (Å²) in [5, 5.41) is 10.00. The molecule has 1 aromatic carbocycles. The Morgan fingerprint density at radius 3 is 2.62 bits per heavy atom. The van der Waals surface area contributed by atoms with Gasteiger partial charge in [0, 0.05) is 13.5 Å². The number of halogens is 2. The molecule has 0 aliphatic carbocycles. The topological polar surface area (TPSA) is 29.5 Å². The molecule has 1 aromatic rings. The molecule has 0 aromatic heterocycles. The number of aliphatic hydroxyl groups is 1. The zero-order chi connectivity index (χ0) is 12.3. The summed E-state index contributed by atoms with van der Waals surface area (Å²) in [5.41, 5.74) is 0.0374. The van der Waals surface area contributed by atoms with Gasteiger partial charge in [-0.1, -0.05) is 17.7 Å². The highest BCUT2D eigenvalue weighted by molar-refractivity contribution is 6.30. The van der Waals surface area contributed by atoms with Crippen LogP contribution in [-0.2, 0) is 11.2 Å². The van der Waals surface area contributed by atoms with Gasteiger partial charge < -0.3 is 9.84 Å². The molecule has 1 unspecified atom stereocenters. The maximum absolute atomic E-state index is 13.2. The second-order valence-electron chi connectivity index (χ2n) is 4.28. The van der Waals surface area contributed by atoms with E-state index >= 15 is 0 Å². The first kappa shape index (κ1) is 13.4. The molecule has 4 heteroatoms. The van der Waals surface area contributed by atoms with E-state index in [1.807, 2.05) is 0 Å². The van der Waals surface area contributed by atoms with E-state index in [9.17, 15) is 9.50 Å². The predicted molar refractivity (Wildman–Crippen MR) is 62.2 cm³/mol. The minimum absolute atomic E-state index is 0.0873. The lowest BCUT2D eigenvalue weighted by Crippen LogP contribution is -2.39. The van der Waals surface area contributed by atoms with Gasteiger partial charge in [0.25, 0.3) is 0 Å². The third-order valence-electron chi connectivity index (χ3n) is 2.74. The van der Waals surface area contributed by atoms with E-state index in [-0.39, 0.29) is 5.02 Å². The van der Waals surface area contributed by atoms with Gasteiger partial charge in [-0.15, -0.1) is 0 Å². The van der Waals surface area contributed by atoms with E-state index in [0.29, 0.717) is 12.0 Å². The Morgan fingerprint density at radius 1 is 1.50 bits per heavy atom. The van der Waals surface area contributed by atoms with Crippen LogP contribution in [0.4, 0.5) is 4.39 Å². The summed E-state index contributed by atoms with van der Waals surface area (Å²) in [5.74, 6) is -0.471. The van der Waals surface area contributed by atoms with Crippen LogP contribution in [0, 0.1) is 5.82 Å². The molecule has 0 spiro atoms. The first-order valence-electron chi connectivity index (χ1n) is 5.04. The maximum atomic E-state index is 13.2. The van der Waals surface area contributed by atoms with Crippen LogP contribution in [-0.4, -0.2) is 23.9 Å². The van der Waals surface area contributed by atoms with Crippen molar-refractivity contribution in [3.05, 3.63) is 34.6 Å². The highest BCUT2D eigenvalue weighted by Crippen LogP contribution is 2.21. The summed E-state index contributed by atoms with van der Waals surface area (Å²) >= 11 is 5.57. The van der Waals surface area contributed by atoms with Gasteiger partial charge >= 0.3 is 0 Å². The van der Waals surface area contributed by atoms with Gasteiger partial charge in [-0.3, -0.25) is 0 Å². The van der Waals surface area contributed by atoms with Gasteiger partial charge in [0.15, 0.2) is 0 Å². The summed E-state index contributed by atoms with van der Waals surface area (Å²) in [7, 11) is 1.53. The summed E-state index contributed by atoms with van der Waals surface area (Å²) in [6.45, 7) is 3.56. The monoisotopic (exact) mass is 246 g/mol. The normalized spacial score (nSPS) is 13.9. The fraction of sp³-hybridized carbons (Fsp3) is 0.500. The van der Waals surface area contributed by atoms with Gasteiger partial charge in [0.1, 0.15) is 5.82 Å². The molecule has 0 aliphatic heterocycles. The van der Waals surface area contributed by atoms with Crippen LogP contribution in [0.25, 0.3) is 0 Å². The molecule has 1 atom stereocenters. The molecule has 0 aliphatic rings. The van der Waals surface area contributed by atoms with Crippen molar-refractivity contribution in [1.29, 1.82) is 0 Å². The number of hydrogen-bond acceptors (Lipinski definition) is 2. The Labute approximate surface area is 100.0 Å². The van der Waals surface area contributed by atoms with Crippen LogP contribution in [0.2, 0.25) is 5.02 Å². The lowest BCUT2D eigenvalue weighted by Gasteiger charge is -2.29. The van der Waals surface area contributed by atoms with E-state index in [1.54, 1.807) is 19.9 Å². The Hall–Kier alpha value is -0.640. The largest absolute Gasteiger partial charge is 0.390 e. The molecule has 1 rings (SSSR count). The third-order valence-corrected chi connectivity index (χ3v) is 3.05. The molecule has 2 nitrogen and oxygen atoms in total. The fourth-order valence-electron chi connectivity index (χ4n) is 1.27. The van der Waals surface area contributed by atoms with Gasteiger partial charge in [0.05, 0.1) is 16.7 Å². The second kappa shape index (κ2) is 5.13. The van der Waals surface area contributed by atoms with Crippen LogP contribution in [0.1, 0.15) is 19.4 Å². The Kier molecular flexibility index (Phi) is 4.30. The molecule has 0 fully saturated rings. The van der Waals surface area contributed by atoms with Crippen molar-refractivity contribution >= 4 is 11.6 Å². The minimum atomic E-state index is -0.696. The third kappa shape index (κ3) is 3.17. The van der Waals surface area contributed by atoms with Crippen molar-refractivity contribution < 1.29 is 14.2 Å². The molecule has 0 heterocycles. The van der Waals surface area contributed by atoms with E-state index in [4.69, 9.17) is 16.3 Å². The van der Waals surface area contributed by atoms with Crippen LogP contribution in [0.5, 0.6) is 0 Å². The van der Waals surface area contributed by atoms with E-state index < -0.39 is 17.5 Å². The van der Waals surface area contributed by atoms with Crippen LogP contribution >= 0.6 is 11.6 Å². The number of ether oxygens (including phenoxy) is 1. The predicted octanol–water partition coefficient (Wildman–Crippen LogP) is 2.81. The van der Waals surface area contributed by atoms with Crippen molar-refractivity contribution in [2.45, 2.75) is 32.0 Å². The van der Waals surface area contributed by atoms with E-state index in [0.717, 1.165) is 0 Å². The van der Waals surface area contributed by atoms with Gasteiger partial charge in [-0.25, -0.2) is 4.39 Å². The SMILES string of the molecule is COC(C)(C)C(O)Cc1ccc(Cl)c(F)c1. The Bertz CT molecular complexity index is 366. The highest BCUT2D eigenvalue weighted by atomic mass is 35.5. The molecule has 0 saturated heterocycles. The van der Waals surface area contributed by atoms with Gasteiger partial charge in [-0.05, 0) is 31.5 Å². The number of hydrogen-bond donors (Lipinski definition) is 1. The molecule has 1 N–H and O–H groups in total. The average molecular weight is 247 g/mol. The fourth-order valence-corrected chi connectivity index (χ4v) is 1.39. The molecule has 16 heavy (non-hydrogen) atoms. The van der Waals surface area contributed by atoms with Crippen molar-refractivity contribution in [2.24, 2.45) is 0 Å². The number of rotatable bonds is 4. The quantitative estimate of drug-likeness (QED) is 0.885. The second-order valence-corrected chi connectivity index (χ2v) is 4.68. The molecule has 0 bridgehead atoms. The van der Waals surface area contributed by atoms with E-state index in [1.165, 1.54) is 19.2 Å². The van der Waals surface area contributed by atoms with Crippen LogP contribution < -0.4 is 0 Å². The Morgan fingerprint density at radius 2 is 2.12 bits per heavy atom. The number of benzene rings is 1. The molecule has 0 saturated carbocycles. The molecular weight excluding hydrogens is 231 g/mol. The smallest absolute Gasteiger partial charge is 0.142 e. The molecule has 90 valence electrons. The van der Waals surface area contributed by atoms with Crippen LogP contribution in [0.15, 0.2) is 18.2 Å². The number of methoxy groups -OCH3 is 1. The summed E-state index contributed by atoms with van der Waals surface area (Å²) < 4.78 is 18.3. The van der Waals surface area contributed by atoms with Gasteiger partial charge in [-0.2, -0.15) is 0 Å². The minimum Gasteiger partial charge on any atom is -0.390 e. The van der Waals surface area contributed by atoms with Crippen LogP contribution in [0.3, 0.4) is 0 Å². The molecule has 0 amide bonds. The summed E-state index contributed by atoms with van der Waals surface area (Å²) in [4.78, 5) is 0. The first-order valence-corrected chi connectivity index (χ1v) is 5.42.